The number of hydrogen-bond acceptors (Lipinski definition) is 6. The molecule has 0 saturated carbocycles. The van der Waals surface area contributed by atoms with E-state index in [-0.39, 0.29) is 30.4 Å². The number of carbonyl (C=O) groups is 3. The van der Waals surface area contributed by atoms with Crippen LogP contribution in [-0.2, 0) is 14.3 Å². The highest BCUT2D eigenvalue weighted by molar-refractivity contribution is 6.04. The molecule has 2 aliphatic rings. The number of fused-ring (bicyclic) bond motifs is 1. The van der Waals surface area contributed by atoms with E-state index in [0.717, 1.165) is 12.1 Å². The molecule has 32 heavy (non-hydrogen) atoms. The molecule has 0 unspecified atom stereocenters. The Morgan fingerprint density at radius 1 is 1.06 bits per heavy atom. The number of halogens is 2. The average molecular weight is 446 g/mol. The van der Waals surface area contributed by atoms with E-state index in [1.807, 2.05) is 0 Å². The Kier molecular flexibility index (Phi) is 6.31. The number of nitrogens with zero attached hydrogens (tertiary/aromatic N) is 2. The van der Waals surface area contributed by atoms with Crippen molar-refractivity contribution in [1.29, 1.82) is 0 Å². The molecule has 2 aromatic carbocycles. The molecule has 1 saturated heterocycles. The zero-order valence-corrected chi connectivity index (χ0v) is 17.0. The van der Waals surface area contributed by atoms with Gasteiger partial charge in [-0.05, 0) is 30.3 Å². The summed E-state index contributed by atoms with van der Waals surface area (Å²) < 4.78 is 42.6. The maximum atomic E-state index is 13.7. The fourth-order valence-electron chi connectivity index (χ4n) is 3.42. The highest BCUT2D eigenvalue weighted by atomic mass is 19.1. The van der Waals surface area contributed by atoms with Gasteiger partial charge in [-0.15, -0.1) is 0 Å². The Balaban J connectivity index is 1.49. The number of carbonyl (C=O) groups excluding carboxylic acids is 3. The van der Waals surface area contributed by atoms with Gasteiger partial charge in [0.25, 0.3) is 5.91 Å². The minimum Gasteiger partial charge on any atom is -0.482 e. The molecular formula is C22H20F2N2O6. The highest BCUT2D eigenvalue weighted by Crippen LogP contribution is 2.33. The highest BCUT2D eigenvalue weighted by Gasteiger charge is 2.30. The van der Waals surface area contributed by atoms with Gasteiger partial charge in [-0.2, -0.15) is 0 Å². The molecule has 8 nitrogen and oxygen atoms in total. The monoisotopic (exact) mass is 446 g/mol. The number of hydrogen-bond donors (Lipinski definition) is 0. The second kappa shape index (κ2) is 9.31. The number of Topliss-reactive ketones (excluding diaryl/α,β-unsaturated/α-hetero) is 1. The molecule has 2 amide bonds. The van der Waals surface area contributed by atoms with Crippen LogP contribution in [-0.4, -0.2) is 68.6 Å². The number of rotatable bonds is 6. The normalized spacial score (nSPS) is 15.8. The summed E-state index contributed by atoms with van der Waals surface area (Å²) in [6, 6.07) is 7.23. The number of morpholine rings is 1. The van der Waals surface area contributed by atoms with Crippen LogP contribution in [0.2, 0.25) is 0 Å². The predicted octanol–water partition coefficient (Wildman–Crippen LogP) is 1.81. The molecular weight excluding hydrogens is 426 g/mol. The first-order valence-corrected chi connectivity index (χ1v) is 9.96. The molecule has 1 fully saturated rings. The molecule has 0 aliphatic carbocycles. The van der Waals surface area contributed by atoms with Crippen LogP contribution in [0.4, 0.5) is 14.5 Å². The standard InChI is InChI=1S/C22H20F2N2O6/c23-15-2-4-19(16(24)10-15)31-12-18(27)14-1-3-20-17(9-14)26(22(29)13-32-20)11-21(28)25-5-7-30-8-6-25/h1-4,9-10H,5-8,11-13H2. The minimum absolute atomic E-state index is 0.188. The van der Waals surface area contributed by atoms with Crippen LogP contribution in [0.3, 0.4) is 0 Å². The van der Waals surface area contributed by atoms with E-state index in [1.54, 1.807) is 4.90 Å². The van der Waals surface area contributed by atoms with E-state index in [2.05, 4.69) is 0 Å². The van der Waals surface area contributed by atoms with Crippen molar-refractivity contribution in [1.82, 2.24) is 4.90 Å². The second-order valence-corrected chi connectivity index (χ2v) is 7.23. The lowest BCUT2D eigenvalue weighted by Gasteiger charge is -2.32. The molecule has 0 atom stereocenters. The lowest BCUT2D eigenvalue weighted by molar-refractivity contribution is -0.135. The summed E-state index contributed by atoms with van der Waals surface area (Å²) in [5.41, 5.74) is 0.482. The van der Waals surface area contributed by atoms with Crippen LogP contribution in [0.15, 0.2) is 36.4 Å². The number of amides is 2. The summed E-state index contributed by atoms with van der Waals surface area (Å²) >= 11 is 0. The summed E-state index contributed by atoms with van der Waals surface area (Å²) in [6.45, 7) is 0.857. The summed E-state index contributed by atoms with van der Waals surface area (Å²) in [5.74, 6) is -2.71. The van der Waals surface area contributed by atoms with Crippen molar-refractivity contribution >= 4 is 23.3 Å². The van der Waals surface area contributed by atoms with Gasteiger partial charge >= 0.3 is 0 Å². The molecule has 4 rings (SSSR count). The van der Waals surface area contributed by atoms with E-state index < -0.39 is 29.9 Å². The van der Waals surface area contributed by atoms with Gasteiger partial charge in [0.2, 0.25) is 5.91 Å². The lowest BCUT2D eigenvalue weighted by Crippen LogP contribution is -2.49. The third-order valence-corrected chi connectivity index (χ3v) is 5.13. The van der Waals surface area contributed by atoms with Crippen LogP contribution in [0.1, 0.15) is 10.4 Å². The van der Waals surface area contributed by atoms with Crippen molar-refractivity contribution in [2.24, 2.45) is 0 Å². The van der Waals surface area contributed by atoms with Crippen molar-refractivity contribution in [3.05, 3.63) is 53.6 Å². The Labute approximate surface area is 182 Å². The van der Waals surface area contributed by atoms with E-state index in [0.29, 0.717) is 43.8 Å². The molecule has 10 heteroatoms. The van der Waals surface area contributed by atoms with Gasteiger partial charge in [-0.25, -0.2) is 8.78 Å². The molecule has 2 heterocycles. The number of benzene rings is 2. The van der Waals surface area contributed by atoms with Crippen LogP contribution in [0.25, 0.3) is 0 Å². The number of anilines is 1. The van der Waals surface area contributed by atoms with Crippen molar-refractivity contribution in [2.75, 3.05) is 51.0 Å². The summed E-state index contributed by atoms with van der Waals surface area (Å²) in [6.07, 6.45) is 0. The van der Waals surface area contributed by atoms with Gasteiger partial charge in [0.15, 0.2) is 30.6 Å². The smallest absolute Gasteiger partial charge is 0.265 e. The topological polar surface area (TPSA) is 85.4 Å². The lowest BCUT2D eigenvalue weighted by atomic mass is 10.1. The van der Waals surface area contributed by atoms with Gasteiger partial charge in [0.05, 0.1) is 18.9 Å². The third kappa shape index (κ3) is 4.70. The van der Waals surface area contributed by atoms with E-state index in [1.165, 1.54) is 23.1 Å². The average Bonchev–Trinajstić information content (AvgIpc) is 2.80. The van der Waals surface area contributed by atoms with Crippen LogP contribution >= 0.6 is 0 Å². The molecule has 0 aromatic heterocycles. The van der Waals surface area contributed by atoms with Crippen molar-refractivity contribution in [2.45, 2.75) is 0 Å². The quantitative estimate of drug-likeness (QED) is 0.630. The molecule has 0 bridgehead atoms. The summed E-state index contributed by atoms with van der Waals surface area (Å²) in [5, 5.41) is 0. The van der Waals surface area contributed by atoms with Gasteiger partial charge in [-0.3, -0.25) is 19.3 Å². The largest absolute Gasteiger partial charge is 0.482 e. The Morgan fingerprint density at radius 2 is 1.84 bits per heavy atom. The van der Waals surface area contributed by atoms with Crippen LogP contribution in [0, 0.1) is 11.6 Å². The van der Waals surface area contributed by atoms with Crippen molar-refractivity contribution in [3.63, 3.8) is 0 Å². The third-order valence-electron chi connectivity index (χ3n) is 5.13. The molecule has 2 aliphatic heterocycles. The molecule has 168 valence electrons. The Bertz CT molecular complexity index is 1050. The van der Waals surface area contributed by atoms with Crippen molar-refractivity contribution in [3.8, 4) is 11.5 Å². The Hall–Kier alpha value is -3.53. The van der Waals surface area contributed by atoms with Crippen LogP contribution < -0.4 is 14.4 Å². The molecule has 0 spiro atoms. The number of ketones is 1. The maximum absolute atomic E-state index is 13.7. The van der Waals surface area contributed by atoms with Gasteiger partial charge in [-0.1, -0.05) is 0 Å². The van der Waals surface area contributed by atoms with Crippen molar-refractivity contribution < 1.29 is 37.4 Å². The SMILES string of the molecule is O=C(COc1ccc(F)cc1F)c1ccc2c(c1)N(CC(=O)N1CCOCC1)C(=O)CO2. The van der Waals surface area contributed by atoms with E-state index in [9.17, 15) is 23.2 Å². The summed E-state index contributed by atoms with van der Waals surface area (Å²) in [4.78, 5) is 40.6. The first kappa shape index (κ1) is 21.7. The first-order valence-electron chi connectivity index (χ1n) is 9.96. The maximum Gasteiger partial charge on any atom is 0.265 e. The van der Waals surface area contributed by atoms with E-state index >= 15 is 0 Å². The van der Waals surface area contributed by atoms with Gasteiger partial charge in [0.1, 0.15) is 18.1 Å². The minimum atomic E-state index is -0.921. The molecule has 0 N–H and O–H groups in total. The Morgan fingerprint density at radius 3 is 2.59 bits per heavy atom. The fourth-order valence-corrected chi connectivity index (χ4v) is 3.42. The van der Waals surface area contributed by atoms with Gasteiger partial charge < -0.3 is 19.1 Å². The summed E-state index contributed by atoms with van der Waals surface area (Å²) in [7, 11) is 0. The van der Waals surface area contributed by atoms with Gasteiger partial charge in [0, 0.05) is 24.7 Å². The predicted molar refractivity (Wildman–Crippen MR) is 108 cm³/mol. The van der Waals surface area contributed by atoms with Crippen LogP contribution in [0.5, 0.6) is 11.5 Å². The zero-order chi connectivity index (χ0) is 22.7. The fraction of sp³-hybridized carbons (Fsp3) is 0.318. The molecule has 2 aromatic rings. The molecule has 0 radical (unpaired) electrons. The van der Waals surface area contributed by atoms with E-state index in [4.69, 9.17) is 14.2 Å². The second-order valence-electron chi connectivity index (χ2n) is 7.23. The zero-order valence-electron chi connectivity index (χ0n) is 17.0. The first-order chi connectivity index (χ1) is 15.4. The number of ether oxygens (including phenoxy) is 3.